The fourth-order valence-electron chi connectivity index (χ4n) is 2.41. The third-order valence-corrected chi connectivity index (χ3v) is 3.52. The molecule has 3 nitrogen and oxygen atoms in total. The highest BCUT2D eigenvalue weighted by Crippen LogP contribution is 2.30. The minimum atomic E-state index is -0.137. The van der Waals surface area contributed by atoms with E-state index in [4.69, 9.17) is 4.42 Å². The molecule has 20 heavy (non-hydrogen) atoms. The summed E-state index contributed by atoms with van der Waals surface area (Å²) in [6, 6.07) is 4.09. The van der Waals surface area contributed by atoms with Crippen LogP contribution in [0.4, 0.5) is 0 Å². The molecule has 1 aromatic carbocycles. The van der Waals surface area contributed by atoms with Crippen LogP contribution in [0.15, 0.2) is 28.7 Å². The van der Waals surface area contributed by atoms with Gasteiger partial charge in [0.05, 0.1) is 0 Å². The average Bonchev–Trinajstić information content (AvgIpc) is 2.78. The van der Waals surface area contributed by atoms with Crippen LogP contribution in [0.3, 0.4) is 0 Å². The Kier molecular flexibility index (Phi) is 4.28. The molecule has 106 valence electrons. The van der Waals surface area contributed by atoms with Gasteiger partial charge in [0.2, 0.25) is 0 Å². The number of nitrogens with one attached hydrogen (secondary N) is 1. The standard InChI is InChI=1S/C17H21NO2/c1-5-6-7-10-18-17(19)16-13(4)14-11(2)8-9-12(3)15(14)20-16/h5-6,8-9H,7,10H2,1-4H3,(H,18,19)/b6-5+. The van der Waals surface area contributed by atoms with E-state index in [-0.39, 0.29) is 5.91 Å². The van der Waals surface area contributed by atoms with Crippen molar-refractivity contribution in [2.45, 2.75) is 34.1 Å². The second kappa shape index (κ2) is 5.95. The smallest absolute Gasteiger partial charge is 0.287 e. The second-order valence-corrected chi connectivity index (χ2v) is 5.07. The quantitative estimate of drug-likeness (QED) is 0.673. The van der Waals surface area contributed by atoms with Gasteiger partial charge in [-0.05, 0) is 45.2 Å². The topological polar surface area (TPSA) is 42.2 Å². The molecule has 0 saturated heterocycles. The normalized spacial score (nSPS) is 11.4. The number of amides is 1. The summed E-state index contributed by atoms with van der Waals surface area (Å²) in [6.45, 7) is 8.57. The molecule has 3 heteroatoms. The van der Waals surface area contributed by atoms with Crippen LogP contribution in [0.25, 0.3) is 11.0 Å². The summed E-state index contributed by atoms with van der Waals surface area (Å²) in [5, 5.41) is 3.95. The lowest BCUT2D eigenvalue weighted by Gasteiger charge is -2.01. The number of allylic oxidation sites excluding steroid dienone is 1. The predicted octanol–water partition coefficient (Wildman–Crippen LogP) is 4.05. The van der Waals surface area contributed by atoms with Crippen molar-refractivity contribution in [1.82, 2.24) is 5.32 Å². The molecule has 0 fully saturated rings. The number of carbonyl (C=O) groups excluding carboxylic acids is 1. The minimum Gasteiger partial charge on any atom is -0.450 e. The van der Waals surface area contributed by atoms with Crippen molar-refractivity contribution in [1.29, 1.82) is 0 Å². The van der Waals surface area contributed by atoms with E-state index in [0.29, 0.717) is 12.3 Å². The maximum absolute atomic E-state index is 12.2. The van der Waals surface area contributed by atoms with Gasteiger partial charge in [0, 0.05) is 17.5 Å². The van der Waals surface area contributed by atoms with E-state index < -0.39 is 0 Å². The monoisotopic (exact) mass is 271 g/mol. The van der Waals surface area contributed by atoms with Gasteiger partial charge >= 0.3 is 0 Å². The lowest BCUT2D eigenvalue weighted by atomic mass is 10.0. The van der Waals surface area contributed by atoms with Crippen LogP contribution >= 0.6 is 0 Å². The van der Waals surface area contributed by atoms with Gasteiger partial charge in [0.25, 0.3) is 5.91 Å². The Morgan fingerprint density at radius 2 is 1.95 bits per heavy atom. The number of benzene rings is 1. The molecule has 0 aliphatic rings. The molecule has 1 heterocycles. The van der Waals surface area contributed by atoms with Gasteiger partial charge in [-0.3, -0.25) is 4.79 Å². The largest absolute Gasteiger partial charge is 0.450 e. The number of hydrogen-bond donors (Lipinski definition) is 1. The zero-order valence-electron chi connectivity index (χ0n) is 12.5. The van der Waals surface area contributed by atoms with Gasteiger partial charge in [-0.2, -0.15) is 0 Å². The second-order valence-electron chi connectivity index (χ2n) is 5.07. The van der Waals surface area contributed by atoms with Gasteiger partial charge in [-0.25, -0.2) is 0 Å². The molecular weight excluding hydrogens is 250 g/mol. The van der Waals surface area contributed by atoms with E-state index in [1.54, 1.807) is 0 Å². The molecule has 0 bridgehead atoms. The van der Waals surface area contributed by atoms with Gasteiger partial charge in [0.15, 0.2) is 5.76 Å². The zero-order chi connectivity index (χ0) is 14.7. The summed E-state index contributed by atoms with van der Waals surface area (Å²) < 4.78 is 5.80. The van der Waals surface area contributed by atoms with Crippen molar-refractivity contribution in [3.63, 3.8) is 0 Å². The third kappa shape index (κ3) is 2.62. The SMILES string of the molecule is C/C=C/CCNC(=O)c1oc2c(C)ccc(C)c2c1C. The summed E-state index contributed by atoms with van der Waals surface area (Å²) >= 11 is 0. The lowest BCUT2D eigenvalue weighted by Crippen LogP contribution is -2.24. The highest BCUT2D eigenvalue weighted by Gasteiger charge is 2.19. The molecule has 1 amide bonds. The van der Waals surface area contributed by atoms with Crippen molar-refractivity contribution < 1.29 is 9.21 Å². The molecule has 0 spiro atoms. The molecule has 0 aliphatic heterocycles. The van der Waals surface area contributed by atoms with E-state index in [2.05, 4.69) is 11.4 Å². The highest BCUT2D eigenvalue weighted by molar-refractivity contribution is 6.00. The molecule has 0 saturated carbocycles. The van der Waals surface area contributed by atoms with Crippen LogP contribution in [0.5, 0.6) is 0 Å². The molecule has 2 aromatic rings. The van der Waals surface area contributed by atoms with Crippen LogP contribution in [0.1, 0.15) is 40.6 Å². The van der Waals surface area contributed by atoms with E-state index in [1.165, 1.54) is 0 Å². The Morgan fingerprint density at radius 3 is 2.60 bits per heavy atom. The van der Waals surface area contributed by atoms with Crippen molar-refractivity contribution in [3.8, 4) is 0 Å². The summed E-state index contributed by atoms with van der Waals surface area (Å²) in [4.78, 5) is 12.2. The van der Waals surface area contributed by atoms with Crippen LogP contribution < -0.4 is 5.32 Å². The Bertz CT molecular complexity index is 665. The highest BCUT2D eigenvalue weighted by atomic mass is 16.3. The first-order valence-electron chi connectivity index (χ1n) is 6.95. The van der Waals surface area contributed by atoms with Gasteiger partial charge < -0.3 is 9.73 Å². The molecule has 1 aromatic heterocycles. The number of aryl methyl sites for hydroxylation is 3. The fourth-order valence-corrected chi connectivity index (χ4v) is 2.41. The van der Waals surface area contributed by atoms with Crippen LogP contribution in [-0.2, 0) is 0 Å². The molecule has 0 atom stereocenters. The Morgan fingerprint density at radius 1 is 1.25 bits per heavy atom. The molecule has 0 radical (unpaired) electrons. The van der Waals surface area contributed by atoms with E-state index in [1.807, 2.05) is 45.9 Å². The van der Waals surface area contributed by atoms with Gasteiger partial charge in [-0.15, -0.1) is 0 Å². The zero-order valence-corrected chi connectivity index (χ0v) is 12.5. The Balaban J connectivity index is 2.31. The fraction of sp³-hybridized carbons (Fsp3) is 0.353. The van der Waals surface area contributed by atoms with Crippen molar-refractivity contribution >= 4 is 16.9 Å². The van der Waals surface area contributed by atoms with Crippen LogP contribution in [0, 0.1) is 20.8 Å². The van der Waals surface area contributed by atoms with E-state index >= 15 is 0 Å². The molecule has 1 N–H and O–H groups in total. The summed E-state index contributed by atoms with van der Waals surface area (Å²) in [5.41, 5.74) is 3.94. The van der Waals surface area contributed by atoms with Crippen LogP contribution in [-0.4, -0.2) is 12.5 Å². The van der Waals surface area contributed by atoms with E-state index in [0.717, 1.165) is 34.1 Å². The number of carbonyl (C=O) groups is 1. The van der Waals surface area contributed by atoms with Crippen molar-refractivity contribution in [2.24, 2.45) is 0 Å². The van der Waals surface area contributed by atoms with Gasteiger partial charge in [-0.1, -0.05) is 24.3 Å². The first kappa shape index (κ1) is 14.4. The number of fused-ring (bicyclic) bond motifs is 1. The third-order valence-electron chi connectivity index (χ3n) is 3.52. The van der Waals surface area contributed by atoms with E-state index in [9.17, 15) is 4.79 Å². The Hall–Kier alpha value is -2.03. The molecule has 2 rings (SSSR count). The first-order chi connectivity index (χ1) is 9.56. The molecule has 0 aliphatic carbocycles. The molecular formula is C17H21NO2. The number of rotatable bonds is 4. The molecule has 0 unspecified atom stereocenters. The first-order valence-corrected chi connectivity index (χ1v) is 6.95. The average molecular weight is 271 g/mol. The minimum absolute atomic E-state index is 0.137. The summed E-state index contributed by atoms with van der Waals surface area (Å²) in [5.74, 6) is 0.292. The maximum Gasteiger partial charge on any atom is 0.287 e. The number of hydrogen-bond acceptors (Lipinski definition) is 2. The lowest BCUT2D eigenvalue weighted by molar-refractivity contribution is 0.0928. The maximum atomic E-state index is 12.2. The summed E-state index contributed by atoms with van der Waals surface area (Å²) in [7, 11) is 0. The summed E-state index contributed by atoms with van der Waals surface area (Å²) in [6.07, 6.45) is 4.84. The number of furan rings is 1. The Labute approximate surface area is 119 Å². The van der Waals surface area contributed by atoms with Crippen molar-refractivity contribution in [3.05, 3.63) is 46.7 Å². The van der Waals surface area contributed by atoms with Gasteiger partial charge in [0.1, 0.15) is 5.58 Å². The van der Waals surface area contributed by atoms with Crippen molar-refractivity contribution in [2.75, 3.05) is 6.54 Å². The predicted molar refractivity (Wildman–Crippen MR) is 82.2 cm³/mol. The van der Waals surface area contributed by atoms with Crippen LogP contribution in [0.2, 0.25) is 0 Å².